The van der Waals surface area contributed by atoms with E-state index in [1.165, 1.54) is 17.4 Å². The average molecular weight is 454 g/mol. The van der Waals surface area contributed by atoms with Gasteiger partial charge in [0.2, 0.25) is 5.91 Å². The number of likely N-dealkylation sites (tertiary alicyclic amines) is 1. The van der Waals surface area contributed by atoms with Crippen LogP contribution in [-0.4, -0.2) is 39.8 Å². The Morgan fingerprint density at radius 2 is 2.10 bits per heavy atom. The second-order valence-corrected chi connectivity index (χ2v) is 8.91. The van der Waals surface area contributed by atoms with Crippen molar-refractivity contribution in [2.75, 3.05) is 18.4 Å². The highest BCUT2D eigenvalue weighted by atomic mass is 32.1. The first-order valence-corrected chi connectivity index (χ1v) is 10.9. The molecule has 0 aliphatic carbocycles. The third kappa shape index (κ3) is 4.04. The number of carbonyl (C=O) groups is 2. The third-order valence-corrected chi connectivity index (χ3v) is 6.91. The summed E-state index contributed by atoms with van der Waals surface area (Å²) >= 11 is 2.28. The number of amides is 2. The molecule has 1 atom stereocenters. The summed E-state index contributed by atoms with van der Waals surface area (Å²) in [7, 11) is 0. The zero-order chi connectivity index (χ0) is 21.5. The van der Waals surface area contributed by atoms with E-state index in [1.54, 1.807) is 23.4 Å². The monoisotopic (exact) mass is 454 g/mol. The lowest BCUT2D eigenvalue weighted by Gasteiger charge is -2.31. The van der Waals surface area contributed by atoms with Crippen molar-refractivity contribution in [1.82, 2.24) is 14.9 Å². The zero-order valence-corrected chi connectivity index (χ0v) is 17.5. The Balaban J connectivity index is 1.54. The number of alkyl halides is 3. The van der Waals surface area contributed by atoms with Crippen LogP contribution in [0.3, 0.4) is 0 Å². The van der Waals surface area contributed by atoms with E-state index >= 15 is 0 Å². The van der Waals surface area contributed by atoms with Crippen LogP contribution in [0.25, 0.3) is 10.2 Å². The van der Waals surface area contributed by atoms with Crippen molar-refractivity contribution < 1.29 is 22.8 Å². The first kappa shape index (κ1) is 20.7. The van der Waals surface area contributed by atoms with Gasteiger partial charge in [0.1, 0.15) is 10.5 Å². The van der Waals surface area contributed by atoms with Crippen LogP contribution >= 0.6 is 22.7 Å². The Morgan fingerprint density at radius 3 is 2.80 bits per heavy atom. The molecule has 4 heterocycles. The fourth-order valence-electron chi connectivity index (χ4n) is 3.47. The predicted octanol–water partition coefficient (Wildman–Crippen LogP) is 4.57. The number of fused-ring (bicyclic) bond motifs is 1. The van der Waals surface area contributed by atoms with Crippen LogP contribution in [0.2, 0.25) is 0 Å². The van der Waals surface area contributed by atoms with E-state index in [0.717, 1.165) is 17.4 Å². The first-order chi connectivity index (χ1) is 14.2. The number of hydrogen-bond donors (Lipinski definition) is 1. The maximum absolute atomic E-state index is 13.1. The fraction of sp³-hybridized carbons (Fsp3) is 0.368. The number of aryl methyl sites for hydroxylation is 1. The molecule has 1 aliphatic heterocycles. The molecule has 1 N–H and O–H groups in total. The Bertz CT molecular complexity index is 1100. The van der Waals surface area contributed by atoms with Gasteiger partial charge in [-0.2, -0.15) is 13.2 Å². The quantitative estimate of drug-likeness (QED) is 0.629. The van der Waals surface area contributed by atoms with Gasteiger partial charge in [0.15, 0.2) is 5.13 Å². The summed E-state index contributed by atoms with van der Waals surface area (Å²) in [5.74, 6) is -0.834. The normalized spacial score (nSPS) is 17.3. The Hall–Kier alpha value is -2.53. The fourth-order valence-corrected chi connectivity index (χ4v) is 5.15. The molecule has 1 saturated heterocycles. The molecule has 3 aromatic heterocycles. The Morgan fingerprint density at radius 1 is 1.30 bits per heavy atom. The molecule has 158 valence electrons. The van der Waals surface area contributed by atoms with Gasteiger partial charge < -0.3 is 10.2 Å². The number of rotatable bonds is 3. The molecule has 1 unspecified atom stereocenters. The number of nitrogens with one attached hydrogen (secondary N) is 1. The topological polar surface area (TPSA) is 75.2 Å². The maximum atomic E-state index is 13.1. The molecule has 0 spiro atoms. The number of thiophene rings is 1. The van der Waals surface area contributed by atoms with Crippen LogP contribution in [0.4, 0.5) is 18.3 Å². The number of anilines is 1. The lowest BCUT2D eigenvalue weighted by atomic mass is 9.97. The standard InChI is InChI=1S/C19H17F3N4O2S2/c1-10-12-4-5-13(19(20,21)22)24-16(12)30-14(10)17(28)26-7-2-3-11(9-26)15(27)25-18-23-6-8-29-18/h4-6,8,11H,2-3,7,9H2,1H3,(H,23,25,27). The highest BCUT2D eigenvalue weighted by Crippen LogP contribution is 2.35. The van der Waals surface area contributed by atoms with Crippen molar-refractivity contribution in [3.63, 3.8) is 0 Å². The van der Waals surface area contributed by atoms with Crippen LogP contribution in [0.1, 0.15) is 33.8 Å². The number of carbonyl (C=O) groups excluding carboxylic acids is 2. The van der Waals surface area contributed by atoms with Crippen molar-refractivity contribution in [3.05, 3.63) is 39.8 Å². The van der Waals surface area contributed by atoms with Crippen LogP contribution in [0.15, 0.2) is 23.7 Å². The largest absolute Gasteiger partial charge is 0.433 e. The van der Waals surface area contributed by atoms with Gasteiger partial charge in [-0.05, 0) is 37.5 Å². The van der Waals surface area contributed by atoms with E-state index in [4.69, 9.17) is 0 Å². The number of hydrogen-bond acceptors (Lipinski definition) is 6. The summed E-state index contributed by atoms with van der Waals surface area (Å²) in [6.45, 7) is 2.46. The summed E-state index contributed by atoms with van der Waals surface area (Å²) in [5.41, 5.74) is -0.372. The third-order valence-electron chi connectivity index (χ3n) is 5.03. The number of nitrogens with zero attached hydrogens (tertiary/aromatic N) is 3. The van der Waals surface area contributed by atoms with Crippen molar-refractivity contribution in [1.29, 1.82) is 0 Å². The van der Waals surface area contributed by atoms with Gasteiger partial charge in [-0.15, -0.1) is 22.7 Å². The summed E-state index contributed by atoms with van der Waals surface area (Å²) in [5, 5.41) is 5.56. The van der Waals surface area contributed by atoms with E-state index in [9.17, 15) is 22.8 Å². The van der Waals surface area contributed by atoms with Crippen LogP contribution in [0, 0.1) is 12.8 Å². The molecular formula is C19H17F3N4O2S2. The minimum Gasteiger partial charge on any atom is -0.337 e. The van der Waals surface area contributed by atoms with Gasteiger partial charge in [-0.25, -0.2) is 9.97 Å². The molecule has 1 aliphatic rings. The van der Waals surface area contributed by atoms with E-state index < -0.39 is 11.9 Å². The predicted molar refractivity (Wildman–Crippen MR) is 109 cm³/mol. The van der Waals surface area contributed by atoms with Gasteiger partial charge >= 0.3 is 6.18 Å². The summed E-state index contributed by atoms with van der Waals surface area (Å²) < 4.78 is 38.9. The van der Waals surface area contributed by atoms with Gasteiger partial charge in [0, 0.05) is 30.1 Å². The van der Waals surface area contributed by atoms with E-state index in [2.05, 4.69) is 15.3 Å². The second kappa shape index (κ2) is 7.95. The smallest absolute Gasteiger partial charge is 0.337 e. The van der Waals surface area contributed by atoms with Gasteiger partial charge in [-0.1, -0.05) is 0 Å². The lowest BCUT2D eigenvalue weighted by Crippen LogP contribution is -2.43. The van der Waals surface area contributed by atoms with Gasteiger partial charge in [0.25, 0.3) is 5.91 Å². The molecule has 0 saturated carbocycles. The molecule has 11 heteroatoms. The molecular weight excluding hydrogens is 437 g/mol. The van der Waals surface area contributed by atoms with E-state index in [-0.39, 0.29) is 29.1 Å². The highest BCUT2D eigenvalue weighted by Gasteiger charge is 2.34. The molecule has 2 amide bonds. The van der Waals surface area contributed by atoms with Crippen molar-refractivity contribution in [2.45, 2.75) is 25.9 Å². The lowest BCUT2D eigenvalue weighted by molar-refractivity contribution is -0.140. The molecule has 30 heavy (non-hydrogen) atoms. The van der Waals surface area contributed by atoms with Crippen molar-refractivity contribution in [2.24, 2.45) is 5.92 Å². The number of halogens is 3. The summed E-state index contributed by atoms with van der Waals surface area (Å²) in [4.78, 5) is 35.5. The molecule has 4 rings (SSSR count). The van der Waals surface area contributed by atoms with Crippen LogP contribution in [-0.2, 0) is 11.0 Å². The second-order valence-electron chi connectivity index (χ2n) is 7.02. The molecule has 0 aromatic carbocycles. The van der Waals surface area contributed by atoms with E-state index in [1.807, 2.05) is 0 Å². The van der Waals surface area contributed by atoms with Crippen LogP contribution < -0.4 is 5.32 Å². The van der Waals surface area contributed by atoms with Crippen molar-refractivity contribution >= 4 is 49.8 Å². The minimum atomic E-state index is -4.54. The van der Waals surface area contributed by atoms with Crippen LogP contribution in [0.5, 0.6) is 0 Å². The van der Waals surface area contributed by atoms with Gasteiger partial charge in [0.05, 0.1) is 10.8 Å². The summed E-state index contributed by atoms with van der Waals surface area (Å²) in [6, 6.07) is 2.28. The zero-order valence-electron chi connectivity index (χ0n) is 15.8. The SMILES string of the molecule is Cc1c(C(=O)N2CCCC(C(=O)Nc3nccs3)C2)sc2nc(C(F)(F)F)ccc12. The highest BCUT2D eigenvalue weighted by molar-refractivity contribution is 7.20. The maximum Gasteiger partial charge on any atom is 0.433 e. The Labute approximate surface area is 177 Å². The first-order valence-electron chi connectivity index (χ1n) is 9.21. The average Bonchev–Trinajstić information content (AvgIpc) is 3.34. The minimum absolute atomic E-state index is 0.181. The number of thiazole rings is 1. The molecule has 0 bridgehead atoms. The molecule has 1 fully saturated rings. The molecule has 3 aromatic rings. The molecule has 0 radical (unpaired) electrons. The van der Waals surface area contributed by atoms with E-state index in [0.29, 0.717) is 40.3 Å². The van der Waals surface area contributed by atoms with Crippen molar-refractivity contribution in [3.8, 4) is 0 Å². The number of aromatic nitrogens is 2. The number of piperidine rings is 1. The Kier molecular flexibility index (Phi) is 5.49. The summed E-state index contributed by atoms with van der Waals surface area (Å²) in [6.07, 6.45) is -1.62. The number of pyridine rings is 1. The molecule has 6 nitrogen and oxygen atoms in total. The van der Waals surface area contributed by atoms with Gasteiger partial charge in [-0.3, -0.25) is 9.59 Å².